The lowest BCUT2D eigenvalue weighted by atomic mass is 10.5. The Morgan fingerprint density at radius 2 is 1.93 bits per heavy atom. The van der Waals surface area contributed by atoms with Crippen LogP contribution in [0.4, 0.5) is 9.18 Å². The zero-order valence-corrected chi connectivity index (χ0v) is 8.12. The Kier molecular flexibility index (Phi) is 6.43. The van der Waals surface area contributed by atoms with Gasteiger partial charge in [0, 0.05) is 6.42 Å². The summed E-state index contributed by atoms with van der Waals surface area (Å²) in [5.41, 5.74) is 0. The topological polar surface area (TPSA) is 61.8 Å². The van der Waals surface area contributed by atoms with Gasteiger partial charge in [0.25, 0.3) is 6.36 Å². The molecular formula is C8H13FO5. The molecule has 0 amide bonds. The lowest BCUT2D eigenvalue weighted by Gasteiger charge is -2.09. The van der Waals surface area contributed by atoms with Crippen LogP contribution in [0.25, 0.3) is 0 Å². The molecule has 0 aromatic carbocycles. The SMILES string of the molecule is CCOC(=O)OCC(F)OC(=O)CC. The highest BCUT2D eigenvalue weighted by Gasteiger charge is 2.14. The molecule has 0 aliphatic heterocycles. The highest BCUT2D eigenvalue weighted by Crippen LogP contribution is 1.98. The van der Waals surface area contributed by atoms with Crippen molar-refractivity contribution in [2.24, 2.45) is 0 Å². The Morgan fingerprint density at radius 1 is 1.29 bits per heavy atom. The number of hydrogen-bond acceptors (Lipinski definition) is 5. The van der Waals surface area contributed by atoms with Crippen LogP contribution in [0.2, 0.25) is 0 Å². The predicted octanol–water partition coefficient (Wildman–Crippen LogP) is 1.41. The number of halogens is 1. The van der Waals surface area contributed by atoms with Gasteiger partial charge in [-0.3, -0.25) is 4.79 Å². The van der Waals surface area contributed by atoms with Crippen LogP contribution in [-0.4, -0.2) is 31.7 Å². The largest absolute Gasteiger partial charge is 0.508 e. The first-order valence-electron chi connectivity index (χ1n) is 4.23. The monoisotopic (exact) mass is 208 g/mol. The highest BCUT2D eigenvalue weighted by molar-refractivity contribution is 5.69. The summed E-state index contributed by atoms with van der Waals surface area (Å²) in [6, 6.07) is 0. The lowest BCUT2D eigenvalue weighted by Crippen LogP contribution is -2.21. The maximum absolute atomic E-state index is 12.7. The first-order chi connectivity index (χ1) is 6.60. The Hall–Kier alpha value is -1.33. The zero-order chi connectivity index (χ0) is 11.0. The number of ether oxygens (including phenoxy) is 3. The molecule has 0 bridgehead atoms. The van der Waals surface area contributed by atoms with E-state index in [2.05, 4.69) is 14.2 Å². The number of carbonyl (C=O) groups is 2. The van der Waals surface area contributed by atoms with Crippen molar-refractivity contribution in [3.05, 3.63) is 0 Å². The van der Waals surface area contributed by atoms with E-state index in [1.807, 2.05) is 0 Å². The van der Waals surface area contributed by atoms with Crippen molar-refractivity contribution in [1.82, 2.24) is 0 Å². The van der Waals surface area contributed by atoms with Crippen molar-refractivity contribution in [2.75, 3.05) is 13.2 Å². The summed E-state index contributed by atoms with van der Waals surface area (Å²) in [6.45, 7) is 2.61. The number of hydrogen-bond donors (Lipinski definition) is 0. The van der Waals surface area contributed by atoms with E-state index in [0.29, 0.717) is 0 Å². The quantitative estimate of drug-likeness (QED) is 0.639. The zero-order valence-electron chi connectivity index (χ0n) is 8.12. The maximum Gasteiger partial charge on any atom is 0.508 e. The van der Waals surface area contributed by atoms with Crippen molar-refractivity contribution in [3.63, 3.8) is 0 Å². The van der Waals surface area contributed by atoms with Gasteiger partial charge in [0.05, 0.1) is 6.61 Å². The Bertz CT molecular complexity index is 194. The van der Waals surface area contributed by atoms with E-state index in [-0.39, 0.29) is 13.0 Å². The molecule has 0 rings (SSSR count). The molecule has 14 heavy (non-hydrogen) atoms. The average Bonchev–Trinajstić information content (AvgIpc) is 2.15. The van der Waals surface area contributed by atoms with E-state index in [4.69, 9.17) is 0 Å². The number of rotatable bonds is 5. The molecule has 0 saturated heterocycles. The van der Waals surface area contributed by atoms with Crippen LogP contribution in [-0.2, 0) is 19.0 Å². The Balaban J connectivity index is 3.57. The molecule has 0 N–H and O–H groups in total. The second-order valence-corrected chi connectivity index (χ2v) is 2.25. The van der Waals surface area contributed by atoms with Gasteiger partial charge >= 0.3 is 12.1 Å². The number of alkyl halides is 1. The van der Waals surface area contributed by atoms with E-state index in [9.17, 15) is 14.0 Å². The van der Waals surface area contributed by atoms with Gasteiger partial charge in [0.15, 0.2) is 6.61 Å². The molecule has 0 saturated carbocycles. The molecule has 5 nitrogen and oxygen atoms in total. The van der Waals surface area contributed by atoms with E-state index >= 15 is 0 Å². The van der Waals surface area contributed by atoms with E-state index in [0.717, 1.165) is 0 Å². The van der Waals surface area contributed by atoms with Gasteiger partial charge < -0.3 is 14.2 Å². The van der Waals surface area contributed by atoms with Gasteiger partial charge in [-0.05, 0) is 6.92 Å². The highest BCUT2D eigenvalue weighted by atomic mass is 19.1. The van der Waals surface area contributed by atoms with E-state index in [1.54, 1.807) is 6.92 Å². The van der Waals surface area contributed by atoms with Crippen LogP contribution in [0.1, 0.15) is 20.3 Å². The van der Waals surface area contributed by atoms with Gasteiger partial charge in [-0.2, -0.15) is 4.39 Å². The van der Waals surface area contributed by atoms with Crippen molar-refractivity contribution >= 4 is 12.1 Å². The fraction of sp³-hybridized carbons (Fsp3) is 0.750. The fourth-order valence-corrected chi connectivity index (χ4v) is 0.553. The van der Waals surface area contributed by atoms with Crippen molar-refractivity contribution in [1.29, 1.82) is 0 Å². The third-order valence-electron chi connectivity index (χ3n) is 1.14. The minimum Gasteiger partial charge on any atom is -0.435 e. The van der Waals surface area contributed by atoms with Gasteiger partial charge in [0.1, 0.15) is 0 Å². The molecule has 0 aromatic heterocycles. The van der Waals surface area contributed by atoms with Gasteiger partial charge in [-0.15, -0.1) is 0 Å². The molecule has 0 spiro atoms. The van der Waals surface area contributed by atoms with Gasteiger partial charge in [-0.25, -0.2) is 4.79 Å². The van der Waals surface area contributed by atoms with Crippen LogP contribution < -0.4 is 0 Å². The van der Waals surface area contributed by atoms with Crippen molar-refractivity contribution < 1.29 is 28.2 Å². The maximum atomic E-state index is 12.7. The van der Waals surface area contributed by atoms with Crippen molar-refractivity contribution in [3.8, 4) is 0 Å². The third kappa shape index (κ3) is 6.22. The molecule has 0 heterocycles. The van der Waals surface area contributed by atoms with Crippen LogP contribution >= 0.6 is 0 Å². The summed E-state index contributed by atoms with van der Waals surface area (Å²) in [6.07, 6.45) is -2.85. The molecule has 0 radical (unpaired) electrons. The van der Waals surface area contributed by atoms with E-state index in [1.165, 1.54) is 6.92 Å². The fourth-order valence-electron chi connectivity index (χ4n) is 0.553. The normalized spacial score (nSPS) is 11.6. The first-order valence-corrected chi connectivity index (χ1v) is 4.23. The van der Waals surface area contributed by atoms with Crippen molar-refractivity contribution in [2.45, 2.75) is 26.6 Å². The second kappa shape index (κ2) is 7.11. The standard InChI is InChI=1S/C8H13FO5/c1-3-7(10)14-6(9)5-13-8(11)12-4-2/h6H,3-5H2,1-2H3. The summed E-state index contributed by atoms with van der Waals surface area (Å²) < 4.78 is 25.5. The van der Waals surface area contributed by atoms with E-state index < -0.39 is 25.1 Å². The minimum atomic E-state index is -1.94. The Labute approximate surface area is 81.1 Å². The molecule has 0 aliphatic rings. The minimum absolute atomic E-state index is 0.0693. The second-order valence-electron chi connectivity index (χ2n) is 2.25. The predicted molar refractivity (Wildman–Crippen MR) is 44.3 cm³/mol. The average molecular weight is 208 g/mol. The summed E-state index contributed by atoms with van der Waals surface area (Å²) >= 11 is 0. The smallest absolute Gasteiger partial charge is 0.435 e. The van der Waals surface area contributed by atoms with Crippen LogP contribution in [0, 0.1) is 0 Å². The number of carbonyl (C=O) groups excluding carboxylic acids is 2. The molecule has 82 valence electrons. The third-order valence-corrected chi connectivity index (χ3v) is 1.14. The lowest BCUT2D eigenvalue weighted by molar-refractivity contribution is -0.161. The van der Waals surface area contributed by atoms with Crippen LogP contribution in [0.3, 0.4) is 0 Å². The molecular weight excluding hydrogens is 195 g/mol. The molecule has 6 heteroatoms. The summed E-state index contributed by atoms with van der Waals surface area (Å²) in [4.78, 5) is 21.1. The summed E-state index contributed by atoms with van der Waals surface area (Å²) in [7, 11) is 0. The molecule has 1 unspecified atom stereocenters. The van der Waals surface area contributed by atoms with Crippen LogP contribution in [0.5, 0.6) is 0 Å². The first kappa shape index (κ1) is 12.7. The van der Waals surface area contributed by atoms with Crippen LogP contribution in [0.15, 0.2) is 0 Å². The summed E-state index contributed by atoms with van der Waals surface area (Å²) in [5, 5.41) is 0. The summed E-state index contributed by atoms with van der Waals surface area (Å²) in [5.74, 6) is -0.690. The number of esters is 1. The molecule has 0 aliphatic carbocycles. The Morgan fingerprint density at radius 3 is 2.43 bits per heavy atom. The molecule has 0 aromatic rings. The van der Waals surface area contributed by atoms with Gasteiger partial charge in [0.2, 0.25) is 0 Å². The molecule has 1 atom stereocenters. The van der Waals surface area contributed by atoms with Gasteiger partial charge in [-0.1, -0.05) is 6.92 Å². The molecule has 0 fully saturated rings.